The molecule has 0 aliphatic heterocycles. The topological polar surface area (TPSA) is 75.7 Å². The maximum Gasteiger partial charge on any atom is 0.338 e. The lowest BCUT2D eigenvalue weighted by molar-refractivity contribution is -0.345. The van der Waals surface area contributed by atoms with E-state index in [-0.39, 0.29) is 11.2 Å². The Kier molecular flexibility index (Phi) is 5.82. The molecule has 7 heteroatoms. The van der Waals surface area contributed by atoms with E-state index in [0.717, 1.165) is 32.6 Å². The van der Waals surface area contributed by atoms with E-state index in [4.69, 9.17) is 9.47 Å². The van der Waals surface area contributed by atoms with Crippen molar-refractivity contribution < 1.29 is 33.0 Å². The zero-order valence-electron chi connectivity index (χ0n) is 16.0. The van der Waals surface area contributed by atoms with Gasteiger partial charge in [-0.1, -0.05) is 13.8 Å². The Morgan fingerprint density at radius 2 is 1.67 bits per heavy atom. The van der Waals surface area contributed by atoms with Gasteiger partial charge in [-0.25, -0.2) is 4.79 Å². The van der Waals surface area contributed by atoms with Crippen LogP contribution in [0.5, 0.6) is 5.75 Å². The standard InChI is InChI=1S/C20H26F2O5/c1-13(2)19(4,20(21,22)17(24)25)27-16(23)14-7-9-15(10-8-14)26-18(3)11-5-6-12-18/h7-10,13H,5-6,11-12H2,1-4H3,(H,24,25)/p-1. The van der Waals surface area contributed by atoms with E-state index in [1.54, 1.807) is 12.1 Å². The van der Waals surface area contributed by atoms with Crippen LogP contribution < -0.4 is 9.84 Å². The molecule has 1 aromatic rings. The van der Waals surface area contributed by atoms with Gasteiger partial charge in [-0.15, -0.1) is 0 Å². The number of halogens is 2. The maximum absolute atomic E-state index is 14.1. The Hall–Kier alpha value is -2.18. The molecular formula is C20H25F2O5-. The first-order valence-electron chi connectivity index (χ1n) is 9.03. The van der Waals surface area contributed by atoms with Gasteiger partial charge in [0.2, 0.25) is 0 Å². The molecule has 150 valence electrons. The van der Waals surface area contributed by atoms with Crippen molar-refractivity contribution in [2.24, 2.45) is 5.92 Å². The van der Waals surface area contributed by atoms with E-state index in [1.165, 1.54) is 26.0 Å². The van der Waals surface area contributed by atoms with Crippen LogP contribution in [0.3, 0.4) is 0 Å². The molecule has 0 saturated heterocycles. The summed E-state index contributed by atoms with van der Waals surface area (Å²) in [6.07, 6.45) is 4.09. The van der Waals surface area contributed by atoms with Crippen LogP contribution in [-0.2, 0) is 9.53 Å². The van der Waals surface area contributed by atoms with E-state index in [9.17, 15) is 23.5 Å². The van der Waals surface area contributed by atoms with Gasteiger partial charge in [-0.3, -0.25) is 0 Å². The quantitative estimate of drug-likeness (QED) is 0.675. The summed E-state index contributed by atoms with van der Waals surface area (Å²) < 4.78 is 39.1. The number of ether oxygens (including phenoxy) is 2. The fourth-order valence-corrected chi connectivity index (χ4v) is 3.17. The molecule has 1 unspecified atom stereocenters. The second kappa shape index (κ2) is 7.44. The highest BCUT2D eigenvalue weighted by atomic mass is 19.3. The fourth-order valence-electron chi connectivity index (χ4n) is 3.17. The van der Waals surface area contributed by atoms with Gasteiger partial charge in [0, 0.05) is 0 Å². The van der Waals surface area contributed by atoms with Crippen LogP contribution >= 0.6 is 0 Å². The average molecular weight is 383 g/mol. The Morgan fingerprint density at radius 3 is 2.11 bits per heavy atom. The zero-order chi connectivity index (χ0) is 20.5. The van der Waals surface area contributed by atoms with Crippen molar-refractivity contribution in [3.63, 3.8) is 0 Å². The summed E-state index contributed by atoms with van der Waals surface area (Å²) in [4.78, 5) is 23.2. The van der Waals surface area contributed by atoms with Crippen LogP contribution in [0.1, 0.15) is 63.7 Å². The molecule has 0 spiro atoms. The first kappa shape index (κ1) is 21.1. The SMILES string of the molecule is CC(C)C(C)(OC(=O)c1ccc(OC2(C)CCCC2)cc1)C(F)(F)C(=O)[O-]. The van der Waals surface area contributed by atoms with Crippen molar-refractivity contribution in [2.45, 2.75) is 70.5 Å². The predicted molar refractivity (Wildman–Crippen MR) is 92.6 cm³/mol. The number of hydrogen-bond donors (Lipinski definition) is 0. The van der Waals surface area contributed by atoms with Crippen molar-refractivity contribution in [1.29, 1.82) is 0 Å². The van der Waals surface area contributed by atoms with Crippen LogP contribution in [0, 0.1) is 5.92 Å². The van der Waals surface area contributed by atoms with E-state index in [1.807, 2.05) is 6.92 Å². The normalized spacial score (nSPS) is 18.8. The minimum atomic E-state index is -4.34. The lowest BCUT2D eigenvalue weighted by atomic mass is 9.85. The number of carboxylic acids is 1. The second-order valence-corrected chi connectivity index (χ2v) is 7.80. The molecule has 0 amide bonds. The zero-order valence-corrected chi connectivity index (χ0v) is 16.0. The van der Waals surface area contributed by atoms with E-state index in [2.05, 4.69) is 0 Å². The van der Waals surface area contributed by atoms with Gasteiger partial charge >= 0.3 is 11.9 Å². The van der Waals surface area contributed by atoms with Crippen molar-refractivity contribution in [2.75, 3.05) is 0 Å². The van der Waals surface area contributed by atoms with Crippen molar-refractivity contribution in [1.82, 2.24) is 0 Å². The first-order chi connectivity index (χ1) is 12.4. The number of benzene rings is 1. The lowest BCUT2D eigenvalue weighted by Crippen LogP contribution is -2.61. The van der Waals surface area contributed by atoms with Crippen LogP contribution in [0.4, 0.5) is 8.78 Å². The first-order valence-corrected chi connectivity index (χ1v) is 9.03. The van der Waals surface area contributed by atoms with E-state index in [0.29, 0.717) is 5.75 Å². The summed E-state index contributed by atoms with van der Waals surface area (Å²) >= 11 is 0. The van der Waals surface area contributed by atoms with Crippen LogP contribution in [0.25, 0.3) is 0 Å². The molecule has 0 radical (unpaired) electrons. The third-order valence-corrected chi connectivity index (χ3v) is 5.40. The molecule has 0 aromatic heterocycles. The smallest absolute Gasteiger partial charge is 0.338 e. The lowest BCUT2D eigenvalue weighted by Gasteiger charge is -2.40. The number of hydrogen-bond acceptors (Lipinski definition) is 5. The average Bonchev–Trinajstić information content (AvgIpc) is 3.00. The van der Waals surface area contributed by atoms with Crippen molar-refractivity contribution in [3.05, 3.63) is 29.8 Å². The molecule has 1 saturated carbocycles. The Balaban J connectivity index is 2.15. The molecule has 1 aliphatic carbocycles. The van der Waals surface area contributed by atoms with Crippen LogP contribution in [-0.4, -0.2) is 29.1 Å². The monoisotopic (exact) mass is 383 g/mol. The molecule has 1 aliphatic rings. The molecule has 2 rings (SSSR count). The minimum Gasteiger partial charge on any atom is -0.544 e. The van der Waals surface area contributed by atoms with Gasteiger partial charge in [-0.05, 0) is 69.7 Å². The Labute approximate surface area is 157 Å². The molecule has 0 bridgehead atoms. The third-order valence-electron chi connectivity index (χ3n) is 5.40. The van der Waals surface area contributed by atoms with Gasteiger partial charge in [0.1, 0.15) is 17.3 Å². The van der Waals surface area contributed by atoms with Gasteiger partial charge in [0.25, 0.3) is 0 Å². The van der Waals surface area contributed by atoms with Gasteiger partial charge in [0.15, 0.2) is 5.60 Å². The number of aliphatic carboxylic acids is 1. The number of esters is 1. The Bertz CT molecular complexity index is 693. The summed E-state index contributed by atoms with van der Waals surface area (Å²) in [7, 11) is 0. The van der Waals surface area contributed by atoms with E-state index < -0.39 is 29.4 Å². The van der Waals surface area contributed by atoms with Gasteiger partial charge in [0.05, 0.1) is 5.56 Å². The third kappa shape index (κ3) is 4.22. The van der Waals surface area contributed by atoms with Crippen molar-refractivity contribution >= 4 is 11.9 Å². The number of carbonyl (C=O) groups is 2. The molecule has 0 heterocycles. The number of alkyl halides is 2. The van der Waals surface area contributed by atoms with Crippen LogP contribution in [0.15, 0.2) is 24.3 Å². The van der Waals surface area contributed by atoms with Crippen molar-refractivity contribution in [3.8, 4) is 5.75 Å². The summed E-state index contributed by atoms with van der Waals surface area (Å²) in [6, 6.07) is 5.97. The van der Waals surface area contributed by atoms with E-state index >= 15 is 0 Å². The predicted octanol–water partition coefficient (Wildman–Crippen LogP) is 3.35. The number of carboxylic acid groups (broad SMARTS) is 1. The molecule has 5 nitrogen and oxygen atoms in total. The molecule has 1 fully saturated rings. The largest absolute Gasteiger partial charge is 0.544 e. The fraction of sp³-hybridized carbons (Fsp3) is 0.600. The molecule has 0 N–H and O–H groups in total. The maximum atomic E-state index is 14.1. The summed E-state index contributed by atoms with van der Waals surface area (Å²) in [5, 5.41) is 10.9. The van der Waals surface area contributed by atoms with Gasteiger partial charge in [-0.2, -0.15) is 8.78 Å². The Morgan fingerprint density at radius 1 is 1.15 bits per heavy atom. The molecule has 1 aromatic carbocycles. The highest BCUT2D eigenvalue weighted by molar-refractivity contribution is 5.90. The highest BCUT2D eigenvalue weighted by Gasteiger charge is 2.57. The molecular weight excluding hydrogens is 358 g/mol. The minimum absolute atomic E-state index is 0.0277. The summed E-state index contributed by atoms with van der Waals surface area (Å²) in [5.74, 6) is -8.34. The summed E-state index contributed by atoms with van der Waals surface area (Å²) in [5.41, 5.74) is -2.76. The molecule has 27 heavy (non-hydrogen) atoms. The molecule has 1 atom stereocenters. The highest BCUT2D eigenvalue weighted by Crippen LogP contribution is 2.39. The van der Waals surface area contributed by atoms with Crippen LogP contribution in [0.2, 0.25) is 0 Å². The summed E-state index contributed by atoms with van der Waals surface area (Å²) in [6.45, 7) is 5.62. The number of rotatable bonds is 7. The van der Waals surface area contributed by atoms with Gasteiger partial charge < -0.3 is 19.4 Å². The second-order valence-electron chi connectivity index (χ2n) is 7.80. The number of carbonyl (C=O) groups excluding carboxylic acids is 2.